The topological polar surface area (TPSA) is 45.5 Å². The molecular formula is C10H12N2O. The quantitative estimate of drug-likeness (QED) is 0.737. The molecule has 3 heteroatoms. The lowest BCUT2D eigenvalue weighted by molar-refractivity contribution is 0.298. The first kappa shape index (κ1) is 8.38. The number of nitrogens with zero attached hydrogens (tertiary/aromatic N) is 2. The van der Waals surface area contributed by atoms with Gasteiger partial charge in [0.2, 0.25) is 0 Å². The van der Waals surface area contributed by atoms with Gasteiger partial charge in [0, 0.05) is 24.9 Å². The molecule has 0 aliphatic carbocycles. The lowest BCUT2D eigenvalue weighted by atomic mass is 10.1. The summed E-state index contributed by atoms with van der Waals surface area (Å²) in [6, 6.07) is 4.03. The van der Waals surface area contributed by atoms with Crippen LogP contribution in [0.4, 0.5) is 5.82 Å². The maximum absolute atomic E-state index is 8.75. The molecule has 0 atom stereocenters. The summed E-state index contributed by atoms with van der Waals surface area (Å²) in [5.74, 6) is 0.831. The smallest absolute Gasteiger partial charge is 0.154 e. The van der Waals surface area contributed by atoms with Gasteiger partial charge in [-0.15, -0.1) is 0 Å². The number of fused-ring (bicyclic) bond motifs is 1. The largest absolute Gasteiger partial charge is 0.396 e. The molecule has 0 radical (unpaired) electrons. The summed E-state index contributed by atoms with van der Waals surface area (Å²) in [7, 11) is 0. The zero-order chi connectivity index (χ0) is 9.10. The Labute approximate surface area is 77.2 Å². The molecule has 2 heterocycles. The van der Waals surface area contributed by atoms with Crippen molar-refractivity contribution in [2.45, 2.75) is 19.3 Å². The van der Waals surface area contributed by atoms with E-state index in [1.807, 2.05) is 12.3 Å². The number of hydrogen-bond acceptors (Lipinski definition) is 3. The number of rotatable bonds is 2. The van der Waals surface area contributed by atoms with Crippen LogP contribution in [0, 0.1) is 0 Å². The molecule has 1 aliphatic heterocycles. The van der Waals surface area contributed by atoms with Crippen LogP contribution in [0.2, 0.25) is 0 Å². The molecule has 1 aromatic heterocycles. The van der Waals surface area contributed by atoms with Gasteiger partial charge >= 0.3 is 0 Å². The lowest BCUT2D eigenvalue weighted by Gasteiger charge is -2.09. The Hall–Kier alpha value is -1.22. The van der Waals surface area contributed by atoms with Crippen molar-refractivity contribution in [1.29, 1.82) is 0 Å². The minimum Gasteiger partial charge on any atom is -0.396 e. The van der Waals surface area contributed by atoms with Crippen molar-refractivity contribution in [3.63, 3.8) is 0 Å². The third kappa shape index (κ3) is 1.75. The van der Waals surface area contributed by atoms with Crippen LogP contribution in [0.5, 0.6) is 0 Å². The monoisotopic (exact) mass is 176 g/mol. The molecule has 0 fully saturated rings. The highest BCUT2D eigenvalue weighted by atomic mass is 16.3. The predicted molar refractivity (Wildman–Crippen MR) is 51.5 cm³/mol. The number of aliphatic hydroxyl groups excluding tert-OH is 1. The Morgan fingerprint density at radius 3 is 3.15 bits per heavy atom. The van der Waals surface area contributed by atoms with E-state index < -0.39 is 0 Å². The molecule has 1 aromatic rings. The van der Waals surface area contributed by atoms with Gasteiger partial charge in [-0.05, 0) is 24.5 Å². The van der Waals surface area contributed by atoms with Gasteiger partial charge in [0.25, 0.3) is 0 Å². The third-order valence-electron chi connectivity index (χ3n) is 2.14. The fourth-order valence-corrected chi connectivity index (χ4v) is 1.45. The van der Waals surface area contributed by atoms with Crippen LogP contribution in [0.1, 0.15) is 17.7 Å². The highest BCUT2D eigenvalue weighted by molar-refractivity contribution is 5.66. The molecule has 0 bridgehead atoms. The van der Waals surface area contributed by atoms with E-state index in [1.54, 1.807) is 0 Å². The minimum atomic E-state index is 0.148. The second kappa shape index (κ2) is 3.66. The van der Waals surface area contributed by atoms with Crippen LogP contribution in [-0.4, -0.2) is 22.9 Å². The SMILES string of the molecule is OCCc1ccc2c(n1)N=CCC2. The molecule has 13 heavy (non-hydrogen) atoms. The zero-order valence-corrected chi connectivity index (χ0v) is 7.40. The highest BCUT2D eigenvalue weighted by Gasteiger charge is 2.07. The third-order valence-corrected chi connectivity index (χ3v) is 2.14. The van der Waals surface area contributed by atoms with E-state index >= 15 is 0 Å². The molecule has 0 amide bonds. The summed E-state index contributed by atoms with van der Waals surface area (Å²) in [4.78, 5) is 8.56. The van der Waals surface area contributed by atoms with Gasteiger partial charge in [0.15, 0.2) is 5.82 Å². The fraction of sp³-hybridized carbons (Fsp3) is 0.400. The van der Waals surface area contributed by atoms with Gasteiger partial charge in [-0.3, -0.25) is 0 Å². The summed E-state index contributed by atoms with van der Waals surface area (Å²) >= 11 is 0. The van der Waals surface area contributed by atoms with E-state index in [2.05, 4.69) is 16.0 Å². The van der Waals surface area contributed by atoms with Crippen molar-refractivity contribution in [1.82, 2.24) is 4.98 Å². The Balaban J connectivity index is 2.31. The molecule has 3 nitrogen and oxygen atoms in total. The van der Waals surface area contributed by atoms with Gasteiger partial charge in [0.1, 0.15) is 0 Å². The summed E-state index contributed by atoms with van der Waals surface area (Å²) in [5.41, 5.74) is 2.13. The predicted octanol–water partition coefficient (Wildman–Crippen LogP) is 1.26. The van der Waals surface area contributed by atoms with E-state index in [0.29, 0.717) is 6.42 Å². The van der Waals surface area contributed by atoms with Gasteiger partial charge in [-0.25, -0.2) is 9.98 Å². The first-order valence-corrected chi connectivity index (χ1v) is 4.52. The van der Waals surface area contributed by atoms with Crippen molar-refractivity contribution in [3.8, 4) is 0 Å². The Kier molecular flexibility index (Phi) is 2.36. The zero-order valence-electron chi connectivity index (χ0n) is 7.40. The average Bonchev–Trinajstić information content (AvgIpc) is 2.18. The number of pyridine rings is 1. The van der Waals surface area contributed by atoms with Crippen LogP contribution in [0.15, 0.2) is 17.1 Å². The summed E-state index contributed by atoms with van der Waals surface area (Å²) in [5, 5.41) is 8.75. The molecule has 1 aliphatic rings. The number of aromatic nitrogens is 1. The van der Waals surface area contributed by atoms with Crippen LogP contribution in [0.25, 0.3) is 0 Å². The minimum absolute atomic E-state index is 0.148. The van der Waals surface area contributed by atoms with E-state index in [1.165, 1.54) is 5.56 Å². The standard InChI is InChI=1S/C10H12N2O/c13-7-5-9-4-3-8-2-1-6-11-10(8)12-9/h3-4,6,13H,1-2,5,7H2. The van der Waals surface area contributed by atoms with Crippen LogP contribution in [-0.2, 0) is 12.8 Å². The van der Waals surface area contributed by atoms with E-state index in [-0.39, 0.29) is 6.61 Å². The van der Waals surface area contributed by atoms with Gasteiger partial charge in [0.05, 0.1) is 0 Å². The first-order chi connectivity index (χ1) is 6.40. The van der Waals surface area contributed by atoms with Crippen molar-refractivity contribution in [2.75, 3.05) is 6.61 Å². The number of aliphatic hydroxyl groups is 1. The molecule has 0 saturated heterocycles. The Morgan fingerprint density at radius 2 is 2.31 bits per heavy atom. The molecule has 2 rings (SSSR count). The molecule has 0 saturated carbocycles. The second-order valence-corrected chi connectivity index (χ2v) is 3.11. The van der Waals surface area contributed by atoms with Crippen LogP contribution >= 0.6 is 0 Å². The molecule has 1 N–H and O–H groups in total. The van der Waals surface area contributed by atoms with Crippen molar-refractivity contribution in [3.05, 3.63) is 23.4 Å². The summed E-state index contributed by atoms with van der Waals surface area (Å²) < 4.78 is 0. The number of aliphatic imine (C=N–C) groups is 1. The molecular weight excluding hydrogens is 164 g/mol. The second-order valence-electron chi connectivity index (χ2n) is 3.11. The van der Waals surface area contributed by atoms with Crippen LogP contribution in [0.3, 0.4) is 0 Å². The van der Waals surface area contributed by atoms with Crippen molar-refractivity contribution >= 4 is 12.0 Å². The van der Waals surface area contributed by atoms with Crippen LogP contribution < -0.4 is 0 Å². The summed E-state index contributed by atoms with van der Waals surface area (Å²) in [6.07, 6.45) is 4.56. The maximum Gasteiger partial charge on any atom is 0.154 e. The molecule has 0 unspecified atom stereocenters. The number of hydrogen-bond donors (Lipinski definition) is 1. The van der Waals surface area contributed by atoms with E-state index in [4.69, 9.17) is 5.11 Å². The Bertz CT molecular complexity index is 334. The molecule has 0 aromatic carbocycles. The first-order valence-electron chi connectivity index (χ1n) is 4.52. The molecule has 0 spiro atoms. The maximum atomic E-state index is 8.75. The van der Waals surface area contributed by atoms with Gasteiger partial charge in [-0.1, -0.05) is 6.07 Å². The van der Waals surface area contributed by atoms with Gasteiger partial charge < -0.3 is 5.11 Å². The summed E-state index contributed by atoms with van der Waals surface area (Å²) in [6.45, 7) is 0.148. The average molecular weight is 176 g/mol. The highest BCUT2D eigenvalue weighted by Crippen LogP contribution is 2.21. The Morgan fingerprint density at radius 1 is 1.38 bits per heavy atom. The lowest BCUT2D eigenvalue weighted by Crippen LogP contribution is -2.00. The van der Waals surface area contributed by atoms with E-state index in [0.717, 1.165) is 24.4 Å². The molecule has 68 valence electrons. The van der Waals surface area contributed by atoms with E-state index in [9.17, 15) is 0 Å². The normalized spacial score (nSPS) is 14.2. The fourth-order valence-electron chi connectivity index (χ4n) is 1.45. The number of aryl methyl sites for hydroxylation is 1. The van der Waals surface area contributed by atoms with Crippen molar-refractivity contribution in [2.24, 2.45) is 4.99 Å². The van der Waals surface area contributed by atoms with Gasteiger partial charge in [-0.2, -0.15) is 0 Å². The van der Waals surface area contributed by atoms with Crippen molar-refractivity contribution < 1.29 is 5.11 Å².